The molecule has 212 valence electrons. The molecule has 2 amide bonds. The standard InChI is InChI=1S/C31H37N3O6/c1-37-27-15-14-25(28(38-2)29(27)39-3)21-33-16-18-34(19-17-33)30(35)26(20-23-10-6-4-7-11-23)32-31(36)40-22-24-12-8-5-9-13-24/h4-15,26H,16-22H2,1-3H3,(H,32,36)/t26-/m0/s1. The van der Waals surface area contributed by atoms with Crippen molar-refractivity contribution in [3.8, 4) is 17.2 Å². The molecule has 1 atom stereocenters. The van der Waals surface area contributed by atoms with Crippen LogP contribution in [0.1, 0.15) is 16.7 Å². The predicted molar refractivity (Wildman–Crippen MR) is 152 cm³/mol. The van der Waals surface area contributed by atoms with Crippen LogP contribution in [0.5, 0.6) is 17.2 Å². The highest BCUT2D eigenvalue weighted by atomic mass is 16.5. The third-order valence-electron chi connectivity index (χ3n) is 6.95. The van der Waals surface area contributed by atoms with E-state index in [1.165, 1.54) is 0 Å². The molecule has 0 unspecified atom stereocenters. The van der Waals surface area contributed by atoms with Gasteiger partial charge in [-0.05, 0) is 17.2 Å². The Bertz CT molecular complexity index is 1250. The lowest BCUT2D eigenvalue weighted by Crippen LogP contribution is -2.55. The van der Waals surface area contributed by atoms with Crippen LogP contribution in [0.3, 0.4) is 0 Å². The minimum Gasteiger partial charge on any atom is -0.493 e. The van der Waals surface area contributed by atoms with Crippen molar-refractivity contribution in [3.63, 3.8) is 0 Å². The Morgan fingerprint density at radius 3 is 2.00 bits per heavy atom. The molecule has 1 N–H and O–H groups in total. The van der Waals surface area contributed by atoms with E-state index in [0.717, 1.165) is 16.7 Å². The maximum Gasteiger partial charge on any atom is 0.408 e. The Labute approximate surface area is 235 Å². The second kappa shape index (κ2) is 14.2. The van der Waals surface area contributed by atoms with Gasteiger partial charge in [-0.2, -0.15) is 0 Å². The predicted octanol–water partition coefficient (Wildman–Crippen LogP) is 3.89. The summed E-state index contributed by atoms with van der Waals surface area (Å²) < 4.78 is 22.0. The summed E-state index contributed by atoms with van der Waals surface area (Å²) in [6.45, 7) is 3.22. The second-order valence-corrected chi connectivity index (χ2v) is 9.54. The van der Waals surface area contributed by atoms with Gasteiger partial charge in [0.15, 0.2) is 11.5 Å². The molecule has 4 rings (SSSR count). The van der Waals surface area contributed by atoms with Crippen molar-refractivity contribution in [2.24, 2.45) is 0 Å². The third kappa shape index (κ3) is 7.45. The van der Waals surface area contributed by atoms with Gasteiger partial charge < -0.3 is 29.2 Å². The van der Waals surface area contributed by atoms with E-state index in [-0.39, 0.29) is 12.5 Å². The van der Waals surface area contributed by atoms with Crippen molar-refractivity contribution in [2.75, 3.05) is 47.5 Å². The zero-order valence-corrected chi connectivity index (χ0v) is 23.3. The number of rotatable bonds is 11. The van der Waals surface area contributed by atoms with Crippen LogP contribution >= 0.6 is 0 Å². The molecule has 1 heterocycles. The summed E-state index contributed by atoms with van der Waals surface area (Å²) in [5, 5.41) is 2.81. The highest BCUT2D eigenvalue weighted by Crippen LogP contribution is 2.40. The zero-order chi connectivity index (χ0) is 28.3. The van der Waals surface area contributed by atoms with Crippen LogP contribution in [-0.4, -0.2) is 75.4 Å². The number of nitrogens with zero attached hydrogens (tertiary/aromatic N) is 2. The number of benzene rings is 3. The molecular formula is C31H37N3O6. The molecule has 0 aromatic heterocycles. The monoisotopic (exact) mass is 547 g/mol. The van der Waals surface area contributed by atoms with Gasteiger partial charge in [0.05, 0.1) is 21.3 Å². The lowest BCUT2D eigenvalue weighted by atomic mass is 10.0. The van der Waals surface area contributed by atoms with Crippen molar-refractivity contribution >= 4 is 12.0 Å². The van der Waals surface area contributed by atoms with E-state index in [1.54, 1.807) is 21.3 Å². The van der Waals surface area contributed by atoms with Crippen molar-refractivity contribution in [3.05, 3.63) is 89.5 Å². The zero-order valence-electron chi connectivity index (χ0n) is 23.3. The highest BCUT2D eigenvalue weighted by Gasteiger charge is 2.30. The molecule has 1 aliphatic rings. The van der Waals surface area contributed by atoms with E-state index in [9.17, 15) is 9.59 Å². The second-order valence-electron chi connectivity index (χ2n) is 9.54. The normalized spacial score (nSPS) is 14.2. The molecule has 40 heavy (non-hydrogen) atoms. The van der Waals surface area contributed by atoms with E-state index < -0.39 is 12.1 Å². The van der Waals surface area contributed by atoms with Crippen molar-refractivity contribution in [1.29, 1.82) is 0 Å². The van der Waals surface area contributed by atoms with Gasteiger partial charge in [-0.25, -0.2) is 4.79 Å². The van der Waals surface area contributed by atoms with E-state index >= 15 is 0 Å². The number of piperazine rings is 1. The summed E-state index contributed by atoms with van der Waals surface area (Å²) in [5.41, 5.74) is 2.82. The molecule has 9 heteroatoms. The quantitative estimate of drug-likeness (QED) is 0.390. The van der Waals surface area contributed by atoms with E-state index in [2.05, 4.69) is 10.2 Å². The average molecular weight is 548 g/mol. The third-order valence-corrected chi connectivity index (χ3v) is 6.95. The molecule has 3 aromatic rings. The van der Waals surface area contributed by atoms with Gasteiger partial charge in [0.2, 0.25) is 11.7 Å². The summed E-state index contributed by atoms with van der Waals surface area (Å²) in [6.07, 6.45) is -0.235. The van der Waals surface area contributed by atoms with Gasteiger partial charge in [-0.3, -0.25) is 9.69 Å². The molecule has 0 aliphatic carbocycles. The maximum absolute atomic E-state index is 13.6. The fourth-order valence-electron chi connectivity index (χ4n) is 4.83. The van der Waals surface area contributed by atoms with Crippen LogP contribution in [-0.2, 0) is 29.1 Å². The summed E-state index contributed by atoms with van der Waals surface area (Å²) in [7, 11) is 4.80. The summed E-state index contributed by atoms with van der Waals surface area (Å²) >= 11 is 0. The molecule has 1 aliphatic heterocycles. The Hall–Kier alpha value is -4.24. The van der Waals surface area contributed by atoms with Crippen LogP contribution in [0, 0.1) is 0 Å². The molecule has 0 bridgehead atoms. The van der Waals surface area contributed by atoms with Gasteiger partial charge in [0.25, 0.3) is 0 Å². The smallest absolute Gasteiger partial charge is 0.408 e. The Kier molecular flexibility index (Phi) is 10.2. The first-order chi connectivity index (χ1) is 19.5. The van der Waals surface area contributed by atoms with Gasteiger partial charge in [-0.1, -0.05) is 66.7 Å². The van der Waals surface area contributed by atoms with Crippen LogP contribution in [0.4, 0.5) is 4.79 Å². The van der Waals surface area contributed by atoms with E-state index in [1.807, 2.05) is 77.7 Å². The minimum absolute atomic E-state index is 0.121. The number of nitrogens with one attached hydrogen (secondary N) is 1. The van der Waals surface area contributed by atoms with Gasteiger partial charge >= 0.3 is 6.09 Å². The SMILES string of the molecule is COc1ccc(CN2CCN(C(=O)[C@H](Cc3ccccc3)NC(=O)OCc3ccccc3)CC2)c(OC)c1OC. The summed E-state index contributed by atoms with van der Waals surface area (Å²) in [5.74, 6) is 1.69. The number of amides is 2. The van der Waals surface area contributed by atoms with Crippen molar-refractivity contribution in [1.82, 2.24) is 15.1 Å². The lowest BCUT2D eigenvalue weighted by Gasteiger charge is -2.36. The molecule has 0 radical (unpaired) electrons. The average Bonchev–Trinajstić information content (AvgIpc) is 3.00. The van der Waals surface area contributed by atoms with Crippen LogP contribution in [0.25, 0.3) is 0 Å². The molecule has 0 spiro atoms. The van der Waals surface area contributed by atoms with Gasteiger partial charge in [-0.15, -0.1) is 0 Å². The Morgan fingerprint density at radius 1 is 0.775 bits per heavy atom. The Balaban J connectivity index is 1.38. The molecule has 3 aromatic carbocycles. The molecule has 1 fully saturated rings. The topological polar surface area (TPSA) is 89.6 Å². The Morgan fingerprint density at radius 2 is 1.40 bits per heavy atom. The lowest BCUT2D eigenvalue weighted by molar-refractivity contribution is -0.135. The minimum atomic E-state index is -0.733. The van der Waals surface area contributed by atoms with Gasteiger partial charge in [0, 0.05) is 44.7 Å². The number of methoxy groups -OCH3 is 3. The maximum atomic E-state index is 13.6. The molecule has 0 saturated carbocycles. The fraction of sp³-hybridized carbons (Fsp3) is 0.355. The number of carbonyl (C=O) groups is 2. The summed E-state index contributed by atoms with van der Waals surface area (Å²) in [6, 6.07) is 22.2. The summed E-state index contributed by atoms with van der Waals surface area (Å²) in [4.78, 5) is 30.4. The van der Waals surface area contributed by atoms with E-state index in [4.69, 9.17) is 18.9 Å². The van der Waals surface area contributed by atoms with Crippen LogP contribution < -0.4 is 19.5 Å². The number of hydrogen-bond acceptors (Lipinski definition) is 7. The first kappa shape index (κ1) is 28.8. The first-order valence-corrected chi connectivity index (χ1v) is 13.3. The first-order valence-electron chi connectivity index (χ1n) is 13.3. The fourth-order valence-corrected chi connectivity index (χ4v) is 4.83. The number of alkyl carbamates (subject to hydrolysis) is 1. The molecule has 1 saturated heterocycles. The van der Waals surface area contributed by atoms with Crippen LogP contribution in [0.2, 0.25) is 0 Å². The van der Waals surface area contributed by atoms with Crippen molar-refractivity contribution < 1.29 is 28.5 Å². The number of hydrogen-bond donors (Lipinski definition) is 1. The number of ether oxygens (including phenoxy) is 4. The molecular weight excluding hydrogens is 510 g/mol. The van der Waals surface area contributed by atoms with Gasteiger partial charge in [0.1, 0.15) is 12.6 Å². The van der Waals surface area contributed by atoms with Crippen LogP contribution in [0.15, 0.2) is 72.8 Å². The highest BCUT2D eigenvalue weighted by molar-refractivity contribution is 5.86. The molecule has 9 nitrogen and oxygen atoms in total. The van der Waals surface area contributed by atoms with E-state index in [0.29, 0.717) is 56.4 Å². The number of carbonyl (C=O) groups excluding carboxylic acids is 2. The largest absolute Gasteiger partial charge is 0.493 e. The van der Waals surface area contributed by atoms with Crippen molar-refractivity contribution in [2.45, 2.75) is 25.6 Å².